The number of hydrogen-bond donors (Lipinski definition) is 0. The molecule has 0 spiro atoms. The molecule has 4 rings (SSSR count). The first-order valence-electron chi connectivity index (χ1n) is 8.13. The first kappa shape index (κ1) is 17.0. The highest BCUT2D eigenvalue weighted by Gasteiger charge is 2.21. The van der Waals surface area contributed by atoms with Gasteiger partial charge in [0, 0.05) is 43.0 Å². The zero-order valence-corrected chi connectivity index (χ0v) is 16.1. The Morgan fingerprint density at radius 2 is 2.00 bits per heavy atom. The maximum atomic E-state index is 12.5. The Labute approximate surface area is 158 Å². The Morgan fingerprint density at radius 1 is 1.12 bits per heavy atom. The third kappa shape index (κ3) is 4.03. The van der Waals surface area contributed by atoms with Gasteiger partial charge in [0.25, 0.3) is 0 Å². The first-order chi connectivity index (χ1) is 12.3. The van der Waals surface area contributed by atoms with Crippen molar-refractivity contribution in [3.63, 3.8) is 0 Å². The molecule has 8 heteroatoms. The van der Waals surface area contributed by atoms with Crippen LogP contribution in [0.15, 0.2) is 40.3 Å². The number of aromatic nitrogens is 2. The summed E-state index contributed by atoms with van der Waals surface area (Å²) in [6, 6.07) is 6.29. The van der Waals surface area contributed by atoms with Crippen LogP contribution in [0.1, 0.15) is 4.88 Å². The summed E-state index contributed by atoms with van der Waals surface area (Å²) in [4.78, 5) is 27.9. The predicted octanol–water partition coefficient (Wildman–Crippen LogP) is 3.19. The van der Waals surface area contributed by atoms with Crippen LogP contribution in [0.25, 0.3) is 10.2 Å². The van der Waals surface area contributed by atoms with E-state index >= 15 is 0 Å². The Kier molecular flexibility index (Phi) is 5.30. The van der Waals surface area contributed by atoms with E-state index in [0.29, 0.717) is 5.75 Å². The fourth-order valence-electron chi connectivity index (χ4n) is 2.88. The molecule has 4 heterocycles. The van der Waals surface area contributed by atoms with Gasteiger partial charge in [-0.15, -0.1) is 22.7 Å². The topological polar surface area (TPSA) is 49.3 Å². The monoisotopic (exact) mass is 390 g/mol. The van der Waals surface area contributed by atoms with E-state index in [-0.39, 0.29) is 5.91 Å². The zero-order chi connectivity index (χ0) is 17.1. The van der Waals surface area contributed by atoms with Gasteiger partial charge in [-0.1, -0.05) is 17.8 Å². The largest absolute Gasteiger partial charge is 0.339 e. The van der Waals surface area contributed by atoms with Gasteiger partial charge in [-0.25, -0.2) is 9.97 Å². The molecule has 5 nitrogen and oxygen atoms in total. The molecule has 25 heavy (non-hydrogen) atoms. The maximum absolute atomic E-state index is 12.5. The van der Waals surface area contributed by atoms with E-state index in [2.05, 4.69) is 32.4 Å². The molecule has 1 fully saturated rings. The van der Waals surface area contributed by atoms with Crippen molar-refractivity contribution in [3.8, 4) is 0 Å². The standard InChI is InChI=1S/C17H18N4OS3/c22-15(11-25-17-14-3-9-24-16(14)18-12-19-17)21-6-4-20(5-7-21)10-13-2-1-8-23-13/h1-3,8-9,12H,4-7,10-11H2. The van der Waals surface area contributed by atoms with E-state index in [4.69, 9.17) is 0 Å². The number of rotatable bonds is 5. The summed E-state index contributed by atoms with van der Waals surface area (Å²) in [6.07, 6.45) is 1.58. The Morgan fingerprint density at radius 3 is 2.80 bits per heavy atom. The van der Waals surface area contributed by atoms with Crippen LogP contribution in [-0.4, -0.2) is 57.6 Å². The van der Waals surface area contributed by atoms with Crippen molar-refractivity contribution in [2.24, 2.45) is 0 Å². The summed E-state index contributed by atoms with van der Waals surface area (Å²) in [5.41, 5.74) is 0. The fourth-order valence-corrected chi connectivity index (χ4v) is 5.31. The number of hydrogen-bond acceptors (Lipinski definition) is 7. The third-order valence-electron chi connectivity index (χ3n) is 4.24. The van der Waals surface area contributed by atoms with Gasteiger partial charge in [-0.3, -0.25) is 9.69 Å². The van der Waals surface area contributed by atoms with Crippen LogP contribution in [0, 0.1) is 0 Å². The lowest BCUT2D eigenvalue weighted by molar-refractivity contribution is -0.130. The number of carbonyl (C=O) groups excluding carboxylic acids is 1. The first-order valence-corrected chi connectivity index (χ1v) is 10.9. The van der Waals surface area contributed by atoms with E-state index in [1.165, 1.54) is 16.6 Å². The number of fused-ring (bicyclic) bond motifs is 1. The van der Waals surface area contributed by atoms with Gasteiger partial charge < -0.3 is 4.90 Å². The second kappa shape index (κ2) is 7.82. The van der Waals surface area contributed by atoms with E-state index in [1.807, 2.05) is 16.3 Å². The van der Waals surface area contributed by atoms with E-state index in [9.17, 15) is 4.79 Å². The van der Waals surface area contributed by atoms with Crippen molar-refractivity contribution in [1.82, 2.24) is 19.8 Å². The number of nitrogens with zero attached hydrogens (tertiary/aromatic N) is 4. The molecule has 0 aliphatic carbocycles. The maximum Gasteiger partial charge on any atom is 0.233 e. The van der Waals surface area contributed by atoms with Gasteiger partial charge in [-0.05, 0) is 22.9 Å². The summed E-state index contributed by atoms with van der Waals surface area (Å²) in [6.45, 7) is 4.49. The second-order valence-electron chi connectivity index (χ2n) is 5.84. The van der Waals surface area contributed by atoms with Crippen LogP contribution in [0.3, 0.4) is 0 Å². The van der Waals surface area contributed by atoms with E-state index in [0.717, 1.165) is 48.0 Å². The van der Waals surface area contributed by atoms with Crippen LogP contribution < -0.4 is 0 Å². The molecule has 1 amide bonds. The van der Waals surface area contributed by atoms with Gasteiger partial charge in [0.15, 0.2) is 0 Å². The number of thiophene rings is 2. The van der Waals surface area contributed by atoms with Crippen LogP contribution in [-0.2, 0) is 11.3 Å². The SMILES string of the molecule is O=C(CSc1ncnc2sccc12)N1CCN(Cc2cccs2)CC1. The molecule has 1 aliphatic rings. The fraction of sp³-hybridized carbons (Fsp3) is 0.353. The summed E-state index contributed by atoms with van der Waals surface area (Å²) < 4.78 is 0. The van der Waals surface area contributed by atoms with Crippen molar-refractivity contribution < 1.29 is 4.79 Å². The lowest BCUT2D eigenvalue weighted by atomic mass is 10.3. The molecule has 0 saturated carbocycles. The zero-order valence-electron chi connectivity index (χ0n) is 13.6. The molecule has 3 aromatic rings. The molecule has 0 unspecified atom stereocenters. The number of amides is 1. The molecule has 0 bridgehead atoms. The average molecular weight is 391 g/mol. The van der Waals surface area contributed by atoms with Crippen LogP contribution in [0.4, 0.5) is 0 Å². The molecule has 1 saturated heterocycles. The number of carbonyl (C=O) groups is 1. The molecular formula is C17H18N4OS3. The third-order valence-corrected chi connectivity index (χ3v) is 6.91. The minimum Gasteiger partial charge on any atom is -0.339 e. The Balaban J connectivity index is 1.28. The van der Waals surface area contributed by atoms with Crippen molar-refractivity contribution >= 4 is 50.6 Å². The predicted molar refractivity (Wildman–Crippen MR) is 104 cm³/mol. The van der Waals surface area contributed by atoms with Gasteiger partial charge in [0.2, 0.25) is 5.91 Å². The van der Waals surface area contributed by atoms with Gasteiger partial charge in [-0.2, -0.15) is 0 Å². The van der Waals surface area contributed by atoms with E-state index in [1.54, 1.807) is 29.0 Å². The van der Waals surface area contributed by atoms with Gasteiger partial charge in [0.1, 0.15) is 16.2 Å². The van der Waals surface area contributed by atoms with E-state index < -0.39 is 0 Å². The summed E-state index contributed by atoms with van der Waals surface area (Å²) in [7, 11) is 0. The average Bonchev–Trinajstić information content (AvgIpc) is 3.32. The summed E-state index contributed by atoms with van der Waals surface area (Å²) >= 11 is 4.91. The van der Waals surface area contributed by atoms with Crippen molar-refractivity contribution in [2.45, 2.75) is 11.6 Å². The molecule has 0 N–H and O–H groups in total. The summed E-state index contributed by atoms with van der Waals surface area (Å²) in [5.74, 6) is 0.634. The summed E-state index contributed by atoms with van der Waals surface area (Å²) in [5, 5.41) is 6.07. The van der Waals surface area contributed by atoms with Gasteiger partial charge in [0.05, 0.1) is 5.75 Å². The highest BCUT2D eigenvalue weighted by Crippen LogP contribution is 2.27. The molecule has 1 aliphatic heterocycles. The van der Waals surface area contributed by atoms with Crippen LogP contribution >= 0.6 is 34.4 Å². The van der Waals surface area contributed by atoms with Crippen LogP contribution in [0.5, 0.6) is 0 Å². The molecular weight excluding hydrogens is 372 g/mol. The van der Waals surface area contributed by atoms with Crippen molar-refractivity contribution in [1.29, 1.82) is 0 Å². The van der Waals surface area contributed by atoms with Crippen molar-refractivity contribution in [3.05, 3.63) is 40.2 Å². The second-order valence-corrected chi connectivity index (χ2v) is 8.73. The molecule has 130 valence electrons. The highest BCUT2D eigenvalue weighted by molar-refractivity contribution is 8.00. The van der Waals surface area contributed by atoms with Gasteiger partial charge >= 0.3 is 0 Å². The quantitative estimate of drug-likeness (QED) is 0.495. The smallest absolute Gasteiger partial charge is 0.233 e. The Bertz CT molecular complexity index is 841. The lowest BCUT2D eigenvalue weighted by Crippen LogP contribution is -2.48. The van der Waals surface area contributed by atoms with Crippen molar-refractivity contribution in [2.75, 3.05) is 31.9 Å². The molecule has 0 atom stereocenters. The van der Waals surface area contributed by atoms with Crippen LogP contribution in [0.2, 0.25) is 0 Å². The number of piperazine rings is 1. The molecule has 3 aromatic heterocycles. The molecule has 0 aromatic carbocycles. The number of thioether (sulfide) groups is 1. The Hall–Kier alpha value is -1.48. The minimum atomic E-state index is 0.197. The normalized spacial score (nSPS) is 15.8. The minimum absolute atomic E-state index is 0.197. The highest BCUT2D eigenvalue weighted by atomic mass is 32.2. The molecule has 0 radical (unpaired) electrons. The lowest BCUT2D eigenvalue weighted by Gasteiger charge is -2.34.